The standard InChI is InChI=1S/C8H12N2O3S.ClH/c1-13-8-5-6(3-4-7(8)9)10-14(2,11)12;/h3-5,10H,9H2,1-2H3;1H. The van der Waals surface area contributed by atoms with Crippen molar-refractivity contribution < 1.29 is 13.2 Å². The highest BCUT2D eigenvalue weighted by Crippen LogP contribution is 2.25. The average Bonchev–Trinajstić information content (AvgIpc) is 2.06. The van der Waals surface area contributed by atoms with Crippen molar-refractivity contribution in [3.05, 3.63) is 18.2 Å². The summed E-state index contributed by atoms with van der Waals surface area (Å²) in [5.41, 5.74) is 6.46. The van der Waals surface area contributed by atoms with E-state index in [0.717, 1.165) is 6.26 Å². The fourth-order valence-electron chi connectivity index (χ4n) is 0.989. The van der Waals surface area contributed by atoms with E-state index in [1.165, 1.54) is 13.2 Å². The van der Waals surface area contributed by atoms with Crippen LogP contribution in [0.3, 0.4) is 0 Å². The molecule has 1 aromatic rings. The summed E-state index contributed by atoms with van der Waals surface area (Å²) in [5, 5.41) is 0. The molecule has 1 aromatic carbocycles. The van der Waals surface area contributed by atoms with Gasteiger partial charge in [0.05, 0.1) is 24.7 Å². The Labute approximate surface area is 95.1 Å². The first-order valence-corrected chi connectivity index (χ1v) is 5.73. The molecule has 0 radical (unpaired) electrons. The van der Waals surface area contributed by atoms with Crippen LogP contribution in [0.5, 0.6) is 5.75 Å². The van der Waals surface area contributed by atoms with Gasteiger partial charge in [0.1, 0.15) is 5.75 Å². The number of benzene rings is 1. The van der Waals surface area contributed by atoms with E-state index >= 15 is 0 Å². The maximum absolute atomic E-state index is 10.9. The van der Waals surface area contributed by atoms with Crippen LogP contribution >= 0.6 is 12.4 Å². The second-order valence-corrected chi connectivity index (χ2v) is 4.58. The molecule has 7 heteroatoms. The number of hydrogen-bond acceptors (Lipinski definition) is 4. The van der Waals surface area contributed by atoms with Crippen LogP contribution in [-0.2, 0) is 10.0 Å². The fourth-order valence-corrected chi connectivity index (χ4v) is 1.54. The van der Waals surface area contributed by atoms with Crippen molar-refractivity contribution in [2.45, 2.75) is 0 Å². The number of nitrogen functional groups attached to an aromatic ring is 1. The number of halogens is 1. The zero-order chi connectivity index (χ0) is 10.8. The molecular weight excluding hydrogens is 240 g/mol. The van der Waals surface area contributed by atoms with Crippen molar-refractivity contribution in [2.24, 2.45) is 0 Å². The van der Waals surface area contributed by atoms with Crippen LogP contribution in [0.4, 0.5) is 11.4 Å². The van der Waals surface area contributed by atoms with Crippen LogP contribution in [0.25, 0.3) is 0 Å². The molecule has 0 saturated heterocycles. The topological polar surface area (TPSA) is 81.4 Å². The van der Waals surface area contributed by atoms with Crippen LogP contribution < -0.4 is 15.2 Å². The molecule has 0 aliphatic heterocycles. The van der Waals surface area contributed by atoms with E-state index in [1.54, 1.807) is 12.1 Å². The maximum Gasteiger partial charge on any atom is 0.229 e. The summed E-state index contributed by atoms with van der Waals surface area (Å²) in [5.74, 6) is 0.443. The van der Waals surface area contributed by atoms with Gasteiger partial charge in [-0.25, -0.2) is 8.42 Å². The normalized spacial score (nSPS) is 10.3. The Bertz CT molecular complexity index is 434. The van der Waals surface area contributed by atoms with Crippen molar-refractivity contribution in [3.8, 4) is 5.75 Å². The summed E-state index contributed by atoms with van der Waals surface area (Å²) in [6, 6.07) is 4.67. The monoisotopic (exact) mass is 252 g/mol. The number of ether oxygens (including phenoxy) is 1. The minimum atomic E-state index is -3.26. The van der Waals surface area contributed by atoms with Crippen LogP contribution in [-0.4, -0.2) is 21.8 Å². The number of nitrogens with one attached hydrogen (secondary N) is 1. The zero-order valence-electron chi connectivity index (χ0n) is 8.35. The molecule has 1 rings (SSSR count). The Kier molecular flexibility index (Phi) is 4.70. The van der Waals surface area contributed by atoms with Gasteiger partial charge in [0.25, 0.3) is 0 Å². The van der Waals surface area contributed by atoms with Crippen molar-refractivity contribution >= 4 is 33.8 Å². The molecule has 0 spiro atoms. The second kappa shape index (κ2) is 5.09. The summed E-state index contributed by atoms with van der Waals surface area (Å²) in [6.07, 6.45) is 1.08. The van der Waals surface area contributed by atoms with E-state index in [9.17, 15) is 8.42 Å². The Morgan fingerprint density at radius 2 is 2.00 bits per heavy atom. The summed E-state index contributed by atoms with van der Waals surface area (Å²) in [7, 11) is -1.79. The Balaban J connectivity index is 0.00000196. The van der Waals surface area contributed by atoms with Crippen LogP contribution in [0.15, 0.2) is 18.2 Å². The van der Waals surface area contributed by atoms with Gasteiger partial charge >= 0.3 is 0 Å². The number of methoxy groups -OCH3 is 1. The van der Waals surface area contributed by atoms with E-state index in [-0.39, 0.29) is 12.4 Å². The number of rotatable bonds is 3. The van der Waals surface area contributed by atoms with Crippen molar-refractivity contribution in [1.29, 1.82) is 0 Å². The highest BCUT2D eigenvalue weighted by Gasteiger charge is 2.04. The summed E-state index contributed by atoms with van der Waals surface area (Å²) in [6.45, 7) is 0. The van der Waals surface area contributed by atoms with Crippen molar-refractivity contribution in [1.82, 2.24) is 0 Å². The van der Waals surface area contributed by atoms with Crippen LogP contribution in [0, 0.1) is 0 Å². The molecule has 0 atom stereocenters. The Morgan fingerprint density at radius 1 is 1.40 bits per heavy atom. The number of anilines is 2. The smallest absolute Gasteiger partial charge is 0.229 e. The van der Waals surface area contributed by atoms with E-state index in [2.05, 4.69) is 4.72 Å². The van der Waals surface area contributed by atoms with Gasteiger partial charge in [0.15, 0.2) is 0 Å². The lowest BCUT2D eigenvalue weighted by molar-refractivity contribution is 0.417. The van der Waals surface area contributed by atoms with Gasteiger partial charge in [-0.2, -0.15) is 0 Å². The number of sulfonamides is 1. The third kappa shape index (κ3) is 4.26. The molecule has 0 aliphatic rings. The van der Waals surface area contributed by atoms with Gasteiger partial charge in [0.2, 0.25) is 10.0 Å². The van der Waals surface area contributed by atoms with E-state index in [1.807, 2.05) is 0 Å². The first-order chi connectivity index (χ1) is 6.42. The lowest BCUT2D eigenvalue weighted by Crippen LogP contribution is -2.09. The highest BCUT2D eigenvalue weighted by atomic mass is 35.5. The summed E-state index contributed by atoms with van der Waals surface area (Å²) in [4.78, 5) is 0. The van der Waals surface area contributed by atoms with Crippen molar-refractivity contribution in [2.75, 3.05) is 23.8 Å². The number of hydrogen-bond donors (Lipinski definition) is 2. The molecule has 0 unspecified atom stereocenters. The molecular formula is C8H13ClN2O3S. The molecule has 0 fully saturated rings. The minimum Gasteiger partial charge on any atom is -0.495 e. The van der Waals surface area contributed by atoms with Crippen molar-refractivity contribution in [3.63, 3.8) is 0 Å². The molecule has 0 heterocycles. The molecule has 0 aliphatic carbocycles. The SMILES string of the molecule is COc1cc(NS(C)(=O)=O)ccc1N.Cl. The predicted molar refractivity (Wildman–Crippen MR) is 63.1 cm³/mol. The van der Waals surface area contributed by atoms with Crippen LogP contribution in [0.2, 0.25) is 0 Å². The Morgan fingerprint density at radius 3 is 2.47 bits per heavy atom. The first-order valence-electron chi connectivity index (χ1n) is 3.83. The second-order valence-electron chi connectivity index (χ2n) is 2.83. The van der Waals surface area contributed by atoms with Gasteiger partial charge in [-0.1, -0.05) is 0 Å². The molecule has 3 N–H and O–H groups in total. The first kappa shape index (κ1) is 13.9. The molecule has 0 saturated carbocycles. The molecule has 0 aromatic heterocycles. The van der Waals surface area contributed by atoms with Gasteiger partial charge in [0, 0.05) is 6.07 Å². The minimum absolute atomic E-state index is 0. The number of nitrogens with two attached hydrogens (primary N) is 1. The Hall–Kier alpha value is -1.14. The zero-order valence-corrected chi connectivity index (χ0v) is 9.98. The highest BCUT2D eigenvalue weighted by molar-refractivity contribution is 7.92. The molecule has 5 nitrogen and oxygen atoms in total. The van der Waals surface area contributed by atoms with Gasteiger partial charge in [-0.15, -0.1) is 12.4 Å². The largest absolute Gasteiger partial charge is 0.495 e. The van der Waals surface area contributed by atoms with E-state index in [0.29, 0.717) is 17.1 Å². The van der Waals surface area contributed by atoms with E-state index in [4.69, 9.17) is 10.5 Å². The molecule has 0 bridgehead atoms. The lowest BCUT2D eigenvalue weighted by atomic mass is 10.3. The lowest BCUT2D eigenvalue weighted by Gasteiger charge is -2.08. The third-order valence-corrected chi connectivity index (χ3v) is 2.14. The third-order valence-electron chi connectivity index (χ3n) is 1.54. The van der Waals surface area contributed by atoms with Crippen LogP contribution in [0.1, 0.15) is 0 Å². The summed E-state index contributed by atoms with van der Waals surface area (Å²) >= 11 is 0. The fraction of sp³-hybridized carbons (Fsp3) is 0.250. The average molecular weight is 253 g/mol. The summed E-state index contributed by atoms with van der Waals surface area (Å²) < 4.78 is 29.1. The van der Waals surface area contributed by atoms with E-state index < -0.39 is 10.0 Å². The maximum atomic E-state index is 10.9. The van der Waals surface area contributed by atoms with Gasteiger partial charge in [-0.05, 0) is 12.1 Å². The quantitative estimate of drug-likeness (QED) is 0.789. The molecule has 86 valence electrons. The predicted octanol–water partition coefficient (Wildman–Crippen LogP) is 1.07. The van der Waals surface area contributed by atoms with Gasteiger partial charge in [-0.3, -0.25) is 4.72 Å². The molecule has 0 amide bonds. The molecule has 15 heavy (non-hydrogen) atoms. The van der Waals surface area contributed by atoms with Gasteiger partial charge < -0.3 is 10.5 Å².